The summed E-state index contributed by atoms with van der Waals surface area (Å²) in [5.41, 5.74) is 0.467. The molecule has 4 rings (SSSR count). The number of rotatable bonds is 8. The smallest absolute Gasteiger partial charge is 0.333 e. The van der Waals surface area contributed by atoms with E-state index in [0.717, 1.165) is 37.5 Å². The van der Waals surface area contributed by atoms with Crippen LogP contribution in [0.5, 0.6) is 0 Å². The van der Waals surface area contributed by atoms with Crippen molar-refractivity contribution in [3.8, 4) is 0 Å². The molecule has 0 N–H and O–H groups in total. The number of hydrogen-bond donors (Lipinski definition) is 0. The van der Waals surface area contributed by atoms with Gasteiger partial charge in [-0.2, -0.15) is 0 Å². The van der Waals surface area contributed by atoms with Crippen molar-refractivity contribution >= 4 is 11.9 Å². The molecular formula is C22H32O4. The molecule has 1 spiro atoms. The van der Waals surface area contributed by atoms with E-state index in [9.17, 15) is 9.59 Å². The number of fused-ring (bicyclic) bond motifs is 2. The van der Waals surface area contributed by atoms with E-state index in [4.69, 9.17) is 9.47 Å². The van der Waals surface area contributed by atoms with Crippen molar-refractivity contribution in [2.45, 2.75) is 89.3 Å². The molecule has 3 aliphatic carbocycles. The number of carbonyl (C=O) groups excluding carboxylic acids is 2. The van der Waals surface area contributed by atoms with Crippen LogP contribution in [0.4, 0.5) is 0 Å². The van der Waals surface area contributed by atoms with Crippen molar-refractivity contribution < 1.29 is 19.1 Å². The summed E-state index contributed by atoms with van der Waals surface area (Å²) in [4.78, 5) is 23.4. The van der Waals surface area contributed by atoms with Crippen LogP contribution in [0.1, 0.15) is 77.6 Å². The van der Waals surface area contributed by atoms with Gasteiger partial charge in [0, 0.05) is 11.5 Å². The van der Waals surface area contributed by atoms with Crippen molar-refractivity contribution in [3.05, 3.63) is 12.2 Å². The van der Waals surface area contributed by atoms with Gasteiger partial charge in [0.1, 0.15) is 11.7 Å². The fourth-order valence-electron chi connectivity index (χ4n) is 5.84. The van der Waals surface area contributed by atoms with Crippen molar-refractivity contribution in [1.82, 2.24) is 0 Å². The third kappa shape index (κ3) is 3.57. The maximum atomic E-state index is 11.8. The van der Waals surface area contributed by atoms with Gasteiger partial charge < -0.3 is 9.47 Å². The molecule has 144 valence electrons. The molecule has 5 atom stereocenters. The Labute approximate surface area is 156 Å². The van der Waals surface area contributed by atoms with Gasteiger partial charge in [0.25, 0.3) is 0 Å². The normalized spacial score (nSPS) is 36.3. The second kappa shape index (κ2) is 7.01. The Balaban J connectivity index is 1.16. The fourth-order valence-corrected chi connectivity index (χ4v) is 5.84. The molecule has 0 amide bonds. The lowest BCUT2D eigenvalue weighted by atomic mass is 9.83. The summed E-state index contributed by atoms with van der Waals surface area (Å²) >= 11 is 0. The van der Waals surface area contributed by atoms with Crippen molar-refractivity contribution in [2.24, 2.45) is 23.7 Å². The predicted octanol–water partition coefficient (Wildman–Crippen LogP) is 4.57. The molecule has 4 nitrogen and oxygen atoms in total. The first-order valence-electron chi connectivity index (χ1n) is 10.6. The molecule has 0 aromatic carbocycles. The molecule has 4 heteroatoms. The Morgan fingerprint density at radius 3 is 2.65 bits per heavy atom. The first kappa shape index (κ1) is 18.1. The summed E-state index contributed by atoms with van der Waals surface area (Å²) < 4.78 is 11.2. The lowest BCUT2D eigenvalue weighted by Crippen LogP contribution is -2.29. The highest BCUT2D eigenvalue weighted by molar-refractivity contribution is 5.87. The maximum absolute atomic E-state index is 11.8. The van der Waals surface area contributed by atoms with Crippen LogP contribution in [0.25, 0.3) is 0 Å². The summed E-state index contributed by atoms with van der Waals surface area (Å²) in [7, 11) is 0. The van der Waals surface area contributed by atoms with Gasteiger partial charge in [0.05, 0.1) is 6.42 Å². The molecule has 2 bridgehead atoms. The number of hydrogen-bond acceptors (Lipinski definition) is 4. The zero-order valence-corrected chi connectivity index (χ0v) is 16.0. The van der Waals surface area contributed by atoms with Crippen LogP contribution in [0.3, 0.4) is 0 Å². The Hall–Kier alpha value is -1.32. The van der Waals surface area contributed by atoms with Crippen molar-refractivity contribution in [1.29, 1.82) is 0 Å². The zero-order valence-electron chi connectivity index (χ0n) is 16.0. The van der Waals surface area contributed by atoms with Crippen LogP contribution < -0.4 is 0 Å². The molecule has 4 fully saturated rings. The topological polar surface area (TPSA) is 52.6 Å². The first-order valence-corrected chi connectivity index (χ1v) is 10.6. The van der Waals surface area contributed by atoms with Gasteiger partial charge in [-0.3, -0.25) is 4.79 Å². The van der Waals surface area contributed by atoms with Gasteiger partial charge in [-0.25, -0.2) is 4.79 Å². The van der Waals surface area contributed by atoms with Gasteiger partial charge in [-0.15, -0.1) is 0 Å². The van der Waals surface area contributed by atoms with Crippen molar-refractivity contribution in [3.63, 3.8) is 0 Å². The van der Waals surface area contributed by atoms with Crippen LogP contribution in [0, 0.1) is 23.7 Å². The van der Waals surface area contributed by atoms with Gasteiger partial charge in [0.15, 0.2) is 0 Å². The van der Waals surface area contributed by atoms with Crippen LogP contribution in [-0.4, -0.2) is 23.6 Å². The Morgan fingerprint density at radius 2 is 1.96 bits per heavy atom. The van der Waals surface area contributed by atoms with Crippen LogP contribution in [-0.2, 0) is 19.1 Å². The Morgan fingerprint density at radius 1 is 1.19 bits per heavy atom. The standard InChI is InChI=1S/C22H32O4/c1-14(2)21(24)25-19-12-15-10-16(18(19)11-15)6-4-3-5-7-17-13-20(23)26-22(17)8-9-22/h15-19H,1,3-13H2,2H3. The van der Waals surface area contributed by atoms with Gasteiger partial charge in [-0.1, -0.05) is 32.3 Å². The highest BCUT2D eigenvalue weighted by Crippen LogP contribution is 2.54. The van der Waals surface area contributed by atoms with Crippen LogP contribution in [0.15, 0.2) is 12.2 Å². The minimum atomic E-state index is -0.219. The Bertz CT molecular complexity index is 591. The van der Waals surface area contributed by atoms with E-state index in [-0.39, 0.29) is 23.6 Å². The summed E-state index contributed by atoms with van der Waals surface area (Å²) in [6.45, 7) is 5.42. The molecule has 26 heavy (non-hydrogen) atoms. The zero-order chi connectivity index (χ0) is 18.3. The number of carbonyl (C=O) groups is 2. The lowest BCUT2D eigenvalue weighted by Gasteiger charge is -2.29. The second-order valence-electron chi connectivity index (χ2n) is 9.30. The fraction of sp³-hybridized carbons (Fsp3) is 0.818. The third-order valence-corrected chi connectivity index (χ3v) is 7.34. The summed E-state index contributed by atoms with van der Waals surface area (Å²) in [5.74, 6) is 2.32. The van der Waals surface area contributed by atoms with E-state index < -0.39 is 0 Å². The molecule has 3 saturated carbocycles. The summed E-state index contributed by atoms with van der Waals surface area (Å²) in [6, 6.07) is 0. The van der Waals surface area contributed by atoms with E-state index in [1.807, 2.05) is 0 Å². The predicted molar refractivity (Wildman–Crippen MR) is 98.3 cm³/mol. The third-order valence-electron chi connectivity index (χ3n) is 7.34. The molecule has 0 radical (unpaired) electrons. The molecular weight excluding hydrogens is 328 g/mol. The van der Waals surface area contributed by atoms with E-state index in [0.29, 0.717) is 23.8 Å². The summed E-state index contributed by atoms with van der Waals surface area (Å²) in [5, 5.41) is 0. The molecule has 1 aliphatic heterocycles. The molecule has 1 heterocycles. The molecule has 0 aromatic rings. The van der Waals surface area contributed by atoms with E-state index in [1.54, 1.807) is 6.92 Å². The average molecular weight is 360 g/mol. The number of ether oxygens (including phenoxy) is 2. The quantitative estimate of drug-likeness (QED) is 0.361. The summed E-state index contributed by atoms with van der Waals surface area (Å²) in [6.07, 6.45) is 12.6. The van der Waals surface area contributed by atoms with E-state index in [2.05, 4.69) is 6.58 Å². The van der Waals surface area contributed by atoms with Crippen LogP contribution in [0.2, 0.25) is 0 Å². The second-order valence-corrected chi connectivity index (χ2v) is 9.30. The molecule has 0 aromatic heterocycles. The van der Waals surface area contributed by atoms with Crippen molar-refractivity contribution in [2.75, 3.05) is 0 Å². The molecule has 5 unspecified atom stereocenters. The maximum Gasteiger partial charge on any atom is 0.333 e. The Kier molecular flexibility index (Phi) is 4.87. The van der Waals surface area contributed by atoms with Gasteiger partial charge >= 0.3 is 11.9 Å². The first-order chi connectivity index (χ1) is 12.5. The van der Waals surface area contributed by atoms with E-state index >= 15 is 0 Å². The highest BCUT2D eigenvalue weighted by Gasteiger charge is 2.57. The SMILES string of the molecule is C=C(C)C(=O)OC1CC2CC(CCCCCC3CC(=O)OC34CC4)C1C2. The van der Waals surface area contributed by atoms with E-state index in [1.165, 1.54) is 38.5 Å². The highest BCUT2D eigenvalue weighted by atomic mass is 16.6. The van der Waals surface area contributed by atoms with Crippen LogP contribution >= 0.6 is 0 Å². The molecule has 4 aliphatic rings. The monoisotopic (exact) mass is 360 g/mol. The largest absolute Gasteiger partial charge is 0.459 e. The number of unbranched alkanes of at least 4 members (excludes halogenated alkanes) is 2. The van der Waals surface area contributed by atoms with Gasteiger partial charge in [0.2, 0.25) is 0 Å². The average Bonchev–Trinajstić information content (AvgIpc) is 2.95. The molecule has 1 saturated heterocycles. The minimum absolute atomic E-state index is 0.0184. The lowest BCUT2D eigenvalue weighted by molar-refractivity contribution is -0.147. The minimum Gasteiger partial charge on any atom is -0.459 e. The van der Waals surface area contributed by atoms with Gasteiger partial charge in [-0.05, 0) is 63.2 Å². The number of esters is 2.